The maximum atomic E-state index is 13.5. The van der Waals surface area contributed by atoms with Crippen LogP contribution in [-0.2, 0) is 27.8 Å². The normalized spacial score (nSPS) is 17.6. The van der Waals surface area contributed by atoms with Crippen molar-refractivity contribution in [3.05, 3.63) is 95.8 Å². The number of fused-ring (bicyclic) bond motifs is 1. The molecule has 2 aromatic carbocycles. The number of amides is 2. The molecule has 1 aliphatic heterocycles. The van der Waals surface area contributed by atoms with Crippen molar-refractivity contribution < 1.29 is 9.59 Å². The fourth-order valence-electron chi connectivity index (χ4n) is 4.30. The summed E-state index contributed by atoms with van der Waals surface area (Å²) in [4.78, 5) is 32.1. The summed E-state index contributed by atoms with van der Waals surface area (Å²) < 4.78 is 0. The molecule has 3 aromatic rings. The predicted molar refractivity (Wildman–Crippen MR) is 117 cm³/mol. The van der Waals surface area contributed by atoms with Crippen molar-refractivity contribution in [2.75, 3.05) is 18.5 Å². The second-order valence-corrected chi connectivity index (χ2v) is 7.76. The Labute approximate surface area is 176 Å². The molecule has 0 saturated heterocycles. The molecule has 5 nitrogen and oxygen atoms in total. The lowest BCUT2D eigenvalue weighted by atomic mass is 9.73. The van der Waals surface area contributed by atoms with Crippen LogP contribution in [0.2, 0.25) is 0 Å². The van der Waals surface area contributed by atoms with E-state index in [1.165, 1.54) is 0 Å². The van der Waals surface area contributed by atoms with Crippen LogP contribution >= 0.6 is 0 Å². The Kier molecular flexibility index (Phi) is 5.61. The van der Waals surface area contributed by atoms with Crippen LogP contribution in [0, 0.1) is 0 Å². The van der Waals surface area contributed by atoms with Gasteiger partial charge in [-0.05, 0) is 47.7 Å². The number of likely N-dealkylation sites (N-methyl/N-ethyl adjacent to an activating group) is 1. The van der Waals surface area contributed by atoms with Gasteiger partial charge < -0.3 is 10.2 Å². The topological polar surface area (TPSA) is 62.3 Å². The molecule has 1 aromatic heterocycles. The third-order valence-corrected chi connectivity index (χ3v) is 5.79. The van der Waals surface area contributed by atoms with E-state index in [1.54, 1.807) is 24.3 Å². The molecule has 30 heavy (non-hydrogen) atoms. The largest absolute Gasteiger partial charge is 0.356 e. The number of carbonyl (C=O) groups is 2. The number of benzene rings is 2. The number of hydrogen-bond acceptors (Lipinski definition) is 3. The van der Waals surface area contributed by atoms with Crippen LogP contribution in [0.25, 0.3) is 0 Å². The summed E-state index contributed by atoms with van der Waals surface area (Å²) in [5, 5.41) is 3.00. The number of carbonyl (C=O) groups excluding carboxylic acids is 2. The summed E-state index contributed by atoms with van der Waals surface area (Å²) in [5.74, 6) is -0.143. The van der Waals surface area contributed by atoms with Crippen LogP contribution in [0.1, 0.15) is 23.1 Å². The van der Waals surface area contributed by atoms with E-state index in [1.807, 2.05) is 66.7 Å². The first kappa shape index (κ1) is 19.8. The summed E-state index contributed by atoms with van der Waals surface area (Å²) in [6, 6.07) is 21.6. The molecule has 0 aliphatic carbocycles. The SMILES string of the molecule is CN1C(=O)[C@@](CC(=O)NCCc2ccncc2)(Cc2ccccc2)c2ccccc21. The zero-order chi connectivity index (χ0) is 21.0. The van der Waals surface area contributed by atoms with Crippen molar-refractivity contribution in [1.82, 2.24) is 10.3 Å². The van der Waals surface area contributed by atoms with Crippen molar-refractivity contribution >= 4 is 17.5 Å². The van der Waals surface area contributed by atoms with Gasteiger partial charge in [0.25, 0.3) is 0 Å². The van der Waals surface area contributed by atoms with Crippen molar-refractivity contribution in [2.24, 2.45) is 0 Å². The highest BCUT2D eigenvalue weighted by Crippen LogP contribution is 2.45. The fourth-order valence-corrected chi connectivity index (χ4v) is 4.30. The van der Waals surface area contributed by atoms with Gasteiger partial charge in [-0.25, -0.2) is 0 Å². The van der Waals surface area contributed by atoms with Gasteiger partial charge in [-0.1, -0.05) is 48.5 Å². The summed E-state index contributed by atoms with van der Waals surface area (Å²) in [6.07, 6.45) is 4.83. The number of nitrogens with zero attached hydrogens (tertiary/aromatic N) is 2. The van der Waals surface area contributed by atoms with Gasteiger partial charge in [-0.2, -0.15) is 0 Å². The van der Waals surface area contributed by atoms with Gasteiger partial charge >= 0.3 is 0 Å². The molecule has 0 spiro atoms. The number of nitrogens with one attached hydrogen (secondary N) is 1. The summed E-state index contributed by atoms with van der Waals surface area (Å²) in [5.41, 5.74) is 3.06. The van der Waals surface area contributed by atoms with Crippen LogP contribution in [0.3, 0.4) is 0 Å². The molecule has 4 rings (SSSR count). The number of anilines is 1. The van der Waals surface area contributed by atoms with E-state index in [0.717, 1.165) is 28.8 Å². The quantitative estimate of drug-likeness (QED) is 0.663. The molecule has 0 unspecified atom stereocenters. The molecule has 152 valence electrons. The number of hydrogen-bond donors (Lipinski definition) is 1. The number of para-hydroxylation sites is 1. The first-order chi connectivity index (χ1) is 14.6. The van der Waals surface area contributed by atoms with E-state index in [4.69, 9.17) is 0 Å². The monoisotopic (exact) mass is 399 g/mol. The summed E-state index contributed by atoms with van der Waals surface area (Å²) in [7, 11) is 1.79. The molecule has 2 heterocycles. The van der Waals surface area contributed by atoms with Crippen molar-refractivity contribution in [1.29, 1.82) is 0 Å². The van der Waals surface area contributed by atoms with Crippen LogP contribution < -0.4 is 10.2 Å². The highest BCUT2D eigenvalue weighted by atomic mass is 16.2. The van der Waals surface area contributed by atoms with Crippen LogP contribution in [-0.4, -0.2) is 30.4 Å². The maximum Gasteiger partial charge on any atom is 0.238 e. The van der Waals surface area contributed by atoms with E-state index in [0.29, 0.717) is 13.0 Å². The second kappa shape index (κ2) is 8.49. The van der Waals surface area contributed by atoms with E-state index in [9.17, 15) is 9.59 Å². The Balaban J connectivity index is 1.57. The van der Waals surface area contributed by atoms with Gasteiger partial charge in [0.2, 0.25) is 11.8 Å². The van der Waals surface area contributed by atoms with Gasteiger partial charge in [-0.15, -0.1) is 0 Å². The van der Waals surface area contributed by atoms with Gasteiger partial charge in [0.05, 0.1) is 5.41 Å². The Morgan fingerprint density at radius 2 is 1.67 bits per heavy atom. The minimum Gasteiger partial charge on any atom is -0.356 e. The molecular weight excluding hydrogens is 374 g/mol. The van der Waals surface area contributed by atoms with Crippen molar-refractivity contribution in [3.63, 3.8) is 0 Å². The Bertz CT molecular complexity index is 1040. The molecule has 2 amide bonds. The number of pyridine rings is 1. The Morgan fingerprint density at radius 3 is 2.43 bits per heavy atom. The van der Waals surface area contributed by atoms with E-state index >= 15 is 0 Å². The molecule has 1 aliphatic rings. The average Bonchev–Trinajstić information content (AvgIpc) is 2.97. The Morgan fingerprint density at radius 1 is 0.967 bits per heavy atom. The molecule has 0 fully saturated rings. The smallest absolute Gasteiger partial charge is 0.238 e. The van der Waals surface area contributed by atoms with Gasteiger partial charge in [0.1, 0.15) is 0 Å². The predicted octanol–water partition coefficient (Wildman–Crippen LogP) is 3.29. The standard InChI is InChI=1S/C25H25N3O2/c1-28-22-10-6-5-9-21(22)25(24(28)30,17-20-7-3-2-4-8-20)18-23(29)27-16-13-19-11-14-26-15-12-19/h2-12,14-15H,13,16-18H2,1H3,(H,27,29)/t25-/m1/s1. The summed E-state index contributed by atoms with van der Waals surface area (Å²) in [6.45, 7) is 0.524. The lowest BCUT2D eigenvalue weighted by Gasteiger charge is -2.28. The lowest BCUT2D eigenvalue weighted by Crippen LogP contribution is -2.44. The van der Waals surface area contributed by atoms with E-state index in [-0.39, 0.29) is 18.2 Å². The fraction of sp³-hybridized carbons (Fsp3) is 0.240. The highest BCUT2D eigenvalue weighted by molar-refractivity contribution is 6.09. The first-order valence-corrected chi connectivity index (χ1v) is 10.2. The third-order valence-electron chi connectivity index (χ3n) is 5.79. The third kappa shape index (κ3) is 3.83. The molecule has 0 radical (unpaired) electrons. The van der Waals surface area contributed by atoms with Crippen LogP contribution in [0.4, 0.5) is 5.69 Å². The van der Waals surface area contributed by atoms with Gasteiger partial charge in [0.15, 0.2) is 0 Å². The minimum atomic E-state index is -0.895. The van der Waals surface area contributed by atoms with Crippen LogP contribution in [0.5, 0.6) is 0 Å². The zero-order valence-corrected chi connectivity index (χ0v) is 17.0. The van der Waals surface area contributed by atoms with Gasteiger partial charge in [-0.3, -0.25) is 14.6 Å². The number of rotatable bonds is 7. The van der Waals surface area contributed by atoms with E-state index < -0.39 is 5.41 Å². The maximum absolute atomic E-state index is 13.5. The van der Waals surface area contributed by atoms with Gasteiger partial charge in [0, 0.05) is 38.1 Å². The van der Waals surface area contributed by atoms with E-state index in [2.05, 4.69) is 10.3 Å². The Hall–Kier alpha value is -3.47. The number of aromatic nitrogens is 1. The van der Waals surface area contributed by atoms with Crippen molar-refractivity contribution in [3.8, 4) is 0 Å². The molecule has 1 N–H and O–H groups in total. The van der Waals surface area contributed by atoms with Crippen LogP contribution in [0.15, 0.2) is 79.1 Å². The second-order valence-electron chi connectivity index (χ2n) is 7.76. The first-order valence-electron chi connectivity index (χ1n) is 10.2. The minimum absolute atomic E-state index is 0.0307. The molecule has 1 atom stereocenters. The molecule has 0 bridgehead atoms. The average molecular weight is 399 g/mol. The highest BCUT2D eigenvalue weighted by Gasteiger charge is 2.50. The zero-order valence-electron chi connectivity index (χ0n) is 17.0. The molecule has 0 saturated carbocycles. The lowest BCUT2D eigenvalue weighted by molar-refractivity contribution is -0.129. The summed E-state index contributed by atoms with van der Waals surface area (Å²) >= 11 is 0. The molecule has 5 heteroatoms. The molecular formula is C25H25N3O2. The van der Waals surface area contributed by atoms with Crippen molar-refractivity contribution in [2.45, 2.75) is 24.7 Å².